The van der Waals surface area contributed by atoms with Crippen LogP contribution in [0.15, 0.2) is 10.4 Å². The van der Waals surface area contributed by atoms with Crippen molar-refractivity contribution in [1.29, 1.82) is 0 Å². The lowest BCUT2D eigenvalue weighted by Gasteiger charge is -2.08. The summed E-state index contributed by atoms with van der Waals surface area (Å²) in [7, 11) is 0. The van der Waals surface area contributed by atoms with Crippen molar-refractivity contribution < 1.29 is 0 Å². The van der Waals surface area contributed by atoms with E-state index in [9.17, 15) is 0 Å². The summed E-state index contributed by atoms with van der Waals surface area (Å²) >= 11 is 1.66. The van der Waals surface area contributed by atoms with E-state index in [-0.39, 0.29) is 17.0 Å². The molecule has 6 heteroatoms. The number of thiazole rings is 1. The van der Waals surface area contributed by atoms with Crippen molar-refractivity contribution in [2.45, 2.75) is 27.3 Å². The molecule has 0 bridgehead atoms. The molecule has 0 aromatic carbocycles. The lowest BCUT2D eigenvalue weighted by atomic mass is 10.5. The zero-order chi connectivity index (χ0) is 11.1. The van der Waals surface area contributed by atoms with Gasteiger partial charge in [0.05, 0.1) is 17.2 Å². The van der Waals surface area contributed by atoms with Crippen LogP contribution in [0.4, 0.5) is 0 Å². The molecule has 0 unspecified atom stereocenters. The Morgan fingerprint density at radius 1 is 1.38 bits per heavy atom. The van der Waals surface area contributed by atoms with Gasteiger partial charge in [-0.2, -0.15) is 0 Å². The molecule has 1 aromatic heterocycles. The highest BCUT2D eigenvalue weighted by atomic mass is 79.9. The fraction of sp³-hybridized carbons (Fsp3) is 0.600. The first-order chi connectivity index (χ1) is 7.26. The third-order valence-electron chi connectivity index (χ3n) is 1.75. The third kappa shape index (κ3) is 5.46. The van der Waals surface area contributed by atoms with Gasteiger partial charge in [-0.3, -0.25) is 0 Å². The van der Waals surface area contributed by atoms with Crippen LogP contribution in [-0.2, 0) is 6.54 Å². The molecule has 0 spiro atoms. The summed E-state index contributed by atoms with van der Waals surface area (Å²) in [6.07, 6.45) is 0. The van der Waals surface area contributed by atoms with Crippen molar-refractivity contribution in [1.82, 2.24) is 15.6 Å². The van der Waals surface area contributed by atoms with Gasteiger partial charge in [0, 0.05) is 18.5 Å². The fourth-order valence-corrected chi connectivity index (χ4v) is 1.75. The van der Waals surface area contributed by atoms with Gasteiger partial charge in [0.25, 0.3) is 0 Å². The van der Waals surface area contributed by atoms with Gasteiger partial charge >= 0.3 is 0 Å². The number of aryl methyl sites for hydroxylation is 1. The summed E-state index contributed by atoms with van der Waals surface area (Å²) in [5, 5.41) is 9.49. The summed E-state index contributed by atoms with van der Waals surface area (Å²) in [5.74, 6) is 0.852. The van der Waals surface area contributed by atoms with E-state index in [1.54, 1.807) is 11.3 Å². The number of hydrogen-bond acceptors (Lipinski definition) is 3. The highest BCUT2D eigenvalue weighted by molar-refractivity contribution is 8.93. The SMILES string of the molecule is Br.CCNC(=NCc1csc(C)n1)NCC. The molecule has 1 rings (SSSR count). The molecule has 0 fully saturated rings. The van der Waals surface area contributed by atoms with Gasteiger partial charge in [-0.05, 0) is 20.8 Å². The maximum absolute atomic E-state index is 4.43. The smallest absolute Gasteiger partial charge is 0.191 e. The highest BCUT2D eigenvalue weighted by Crippen LogP contribution is 2.08. The first kappa shape index (κ1) is 15.4. The Bertz CT molecular complexity index is 316. The van der Waals surface area contributed by atoms with E-state index in [1.165, 1.54) is 0 Å². The van der Waals surface area contributed by atoms with Crippen LogP contribution in [0, 0.1) is 6.92 Å². The minimum absolute atomic E-state index is 0. The van der Waals surface area contributed by atoms with Crippen LogP contribution < -0.4 is 10.6 Å². The van der Waals surface area contributed by atoms with E-state index in [2.05, 4.69) is 34.5 Å². The second-order valence-electron chi connectivity index (χ2n) is 3.08. The van der Waals surface area contributed by atoms with Crippen LogP contribution in [-0.4, -0.2) is 24.0 Å². The van der Waals surface area contributed by atoms with Crippen molar-refractivity contribution >= 4 is 34.3 Å². The minimum atomic E-state index is 0. The lowest BCUT2D eigenvalue weighted by Crippen LogP contribution is -2.36. The standard InChI is InChI=1S/C10H18N4S.BrH/c1-4-11-10(12-5-2)13-6-9-7-15-8(3)14-9;/h7H,4-6H2,1-3H3,(H2,11,12,13);1H. The molecule has 1 aromatic rings. The van der Waals surface area contributed by atoms with E-state index in [1.807, 2.05) is 12.3 Å². The number of aliphatic imine (C=N–C) groups is 1. The van der Waals surface area contributed by atoms with E-state index in [0.717, 1.165) is 29.8 Å². The van der Waals surface area contributed by atoms with E-state index >= 15 is 0 Å². The Morgan fingerprint density at radius 3 is 2.44 bits per heavy atom. The minimum Gasteiger partial charge on any atom is -0.357 e. The Hall–Kier alpha value is -0.620. The molecule has 0 aliphatic heterocycles. The number of nitrogens with zero attached hydrogens (tertiary/aromatic N) is 2. The van der Waals surface area contributed by atoms with Gasteiger partial charge in [-0.1, -0.05) is 0 Å². The molecule has 0 saturated heterocycles. The highest BCUT2D eigenvalue weighted by Gasteiger charge is 1.98. The molecule has 0 radical (unpaired) electrons. The molecule has 92 valence electrons. The summed E-state index contributed by atoms with van der Waals surface area (Å²) < 4.78 is 0. The quantitative estimate of drug-likeness (QED) is 0.661. The van der Waals surface area contributed by atoms with Gasteiger partial charge in [0.1, 0.15) is 0 Å². The molecule has 0 amide bonds. The predicted molar refractivity (Wildman–Crippen MR) is 75.7 cm³/mol. The summed E-state index contributed by atoms with van der Waals surface area (Å²) in [4.78, 5) is 8.78. The van der Waals surface area contributed by atoms with Crippen LogP contribution in [0.1, 0.15) is 24.5 Å². The summed E-state index contributed by atoms with van der Waals surface area (Å²) in [6.45, 7) is 8.51. The van der Waals surface area contributed by atoms with Gasteiger partial charge < -0.3 is 10.6 Å². The van der Waals surface area contributed by atoms with E-state index in [0.29, 0.717) is 6.54 Å². The first-order valence-electron chi connectivity index (χ1n) is 5.19. The Morgan fingerprint density at radius 2 is 2.00 bits per heavy atom. The molecule has 0 aliphatic rings. The second kappa shape index (κ2) is 8.52. The predicted octanol–water partition coefficient (Wildman–Crippen LogP) is 2.10. The molecule has 0 saturated carbocycles. The van der Waals surface area contributed by atoms with Crippen LogP contribution in [0.2, 0.25) is 0 Å². The third-order valence-corrected chi connectivity index (χ3v) is 2.58. The summed E-state index contributed by atoms with van der Waals surface area (Å²) in [6, 6.07) is 0. The van der Waals surface area contributed by atoms with Crippen LogP contribution in [0.3, 0.4) is 0 Å². The molecule has 16 heavy (non-hydrogen) atoms. The number of halogens is 1. The van der Waals surface area contributed by atoms with Crippen molar-refractivity contribution in [3.8, 4) is 0 Å². The number of nitrogens with one attached hydrogen (secondary N) is 2. The second-order valence-corrected chi connectivity index (χ2v) is 4.15. The van der Waals surface area contributed by atoms with Gasteiger partial charge in [0.15, 0.2) is 5.96 Å². The monoisotopic (exact) mass is 306 g/mol. The van der Waals surface area contributed by atoms with Crippen molar-refractivity contribution in [2.75, 3.05) is 13.1 Å². The fourth-order valence-electron chi connectivity index (χ4n) is 1.15. The average Bonchev–Trinajstić information content (AvgIpc) is 2.61. The average molecular weight is 307 g/mol. The number of guanidine groups is 1. The number of hydrogen-bond donors (Lipinski definition) is 2. The molecule has 0 atom stereocenters. The van der Waals surface area contributed by atoms with Gasteiger partial charge in [-0.25, -0.2) is 9.98 Å². The van der Waals surface area contributed by atoms with Crippen molar-refractivity contribution in [2.24, 2.45) is 4.99 Å². The van der Waals surface area contributed by atoms with E-state index in [4.69, 9.17) is 0 Å². The van der Waals surface area contributed by atoms with Crippen LogP contribution in [0.25, 0.3) is 0 Å². The van der Waals surface area contributed by atoms with Gasteiger partial charge in [0.2, 0.25) is 0 Å². The zero-order valence-electron chi connectivity index (χ0n) is 9.91. The molecular formula is C10H19BrN4S. The first-order valence-corrected chi connectivity index (χ1v) is 6.07. The zero-order valence-corrected chi connectivity index (χ0v) is 12.4. The van der Waals surface area contributed by atoms with Crippen molar-refractivity contribution in [3.05, 3.63) is 16.1 Å². The van der Waals surface area contributed by atoms with Crippen molar-refractivity contribution in [3.63, 3.8) is 0 Å². The Labute approximate surface area is 111 Å². The Kier molecular flexibility index (Phi) is 8.19. The molecule has 1 heterocycles. The molecule has 0 aliphatic carbocycles. The van der Waals surface area contributed by atoms with E-state index < -0.39 is 0 Å². The maximum atomic E-state index is 4.43. The molecule has 4 nitrogen and oxygen atoms in total. The molecule has 2 N–H and O–H groups in total. The maximum Gasteiger partial charge on any atom is 0.191 e. The topological polar surface area (TPSA) is 49.3 Å². The van der Waals surface area contributed by atoms with Crippen LogP contribution in [0.5, 0.6) is 0 Å². The Balaban J connectivity index is 0.00000225. The number of rotatable bonds is 4. The molecular weight excluding hydrogens is 288 g/mol. The largest absolute Gasteiger partial charge is 0.357 e. The van der Waals surface area contributed by atoms with Gasteiger partial charge in [-0.15, -0.1) is 28.3 Å². The number of aromatic nitrogens is 1. The normalized spacial score (nSPS) is 9.19. The summed E-state index contributed by atoms with van der Waals surface area (Å²) in [5.41, 5.74) is 1.03. The van der Waals surface area contributed by atoms with Crippen LogP contribution >= 0.6 is 28.3 Å². The lowest BCUT2D eigenvalue weighted by molar-refractivity contribution is 0.835.